The van der Waals surface area contributed by atoms with Crippen LogP contribution in [0.15, 0.2) is 41.3 Å². The predicted octanol–water partition coefficient (Wildman–Crippen LogP) is 1.45. The minimum atomic E-state index is -4.48. The van der Waals surface area contributed by atoms with Gasteiger partial charge in [-0.2, -0.15) is 8.42 Å². The fourth-order valence-corrected chi connectivity index (χ4v) is 3.08. The zero-order chi connectivity index (χ0) is 19.0. The Hall–Kier alpha value is -1.45. The van der Waals surface area contributed by atoms with Gasteiger partial charge in [-0.05, 0) is 0 Å². The Morgan fingerprint density at radius 1 is 0.840 bits per heavy atom. The van der Waals surface area contributed by atoms with Crippen LogP contribution in [-0.4, -0.2) is 69.3 Å². The summed E-state index contributed by atoms with van der Waals surface area (Å²) in [6, 6.07) is 11.6. The molecule has 132 valence electrons. The summed E-state index contributed by atoms with van der Waals surface area (Å²) in [6.45, 7) is 0. The fourth-order valence-electron chi connectivity index (χ4n) is 2.03. The van der Waals surface area contributed by atoms with Gasteiger partial charge in [0.25, 0.3) is 10.1 Å². The second-order valence-electron chi connectivity index (χ2n) is 4.81. The Morgan fingerprint density at radius 2 is 1.36 bits per heavy atom. The van der Waals surface area contributed by atoms with Crippen molar-refractivity contribution in [3.8, 4) is 23.0 Å². The maximum absolute atomic E-state index is 11.3. The van der Waals surface area contributed by atoms with Gasteiger partial charge in [0.2, 0.25) is 11.5 Å². The van der Waals surface area contributed by atoms with Crippen LogP contribution in [0.25, 0.3) is 0 Å². The number of rotatable bonds is 5. The summed E-state index contributed by atoms with van der Waals surface area (Å²) in [5.41, 5.74) is 0. The first-order chi connectivity index (χ1) is 11.8. The zero-order valence-corrected chi connectivity index (χ0v) is 17.6. The Morgan fingerprint density at radius 3 is 1.68 bits per heavy atom. The van der Waals surface area contributed by atoms with Gasteiger partial charge in [0.05, 0.1) is 28.4 Å². The molecule has 9 heteroatoms. The Balaban J connectivity index is 0.000000370. The standard InChI is InChI=1S/C10H14O7S.C6H5.Na/c1-14-6-5-7(18(11,12)13)9(16-3)10(17-4)8(6)15-2;1-2-4-6-5-3-1;/h5H,1-4H3,(H,11,12,13);1-5H;. The van der Waals surface area contributed by atoms with Crippen molar-refractivity contribution in [2.45, 2.75) is 4.90 Å². The summed E-state index contributed by atoms with van der Waals surface area (Å²) in [7, 11) is 0.784. The first-order valence-electron chi connectivity index (χ1n) is 7.16. The van der Waals surface area contributed by atoms with E-state index in [9.17, 15) is 8.42 Å². The molecular formula is C16H19NaO7S. The third-order valence-corrected chi connectivity index (χ3v) is 4.70. The van der Waals surface area contributed by atoms with Gasteiger partial charge in [-0.15, -0.1) is 0 Å². The van der Waals surface area contributed by atoms with E-state index in [0.717, 1.165) is 6.07 Å². The fraction of sp³-hybridized carbons (Fsp3) is 0.250. The predicted molar refractivity (Wildman–Crippen MR) is 94.3 cm³/mol. The number of methoxy groups -OCH3 is 4. The summed E-state index contributed by atoms with van der Waals surface area (Å²) in [5.74, 6) is 0.136. The molecule has 25 heavy (non-hydrogen) atoms. The summed E-state index contributed by atoms with van der Waals surface area (Å²) >= 11 is 1.17. The van der Waals surface area contributed by atoms with E-state index in [0.29, 0.717) is 0 Å². The molecule has 0 spiro atoms. The molecule has 0 aliphatic heterocycles. The monoisotopic (exact) mass is 378 g/mol. The molecule has 0 amide bonds. The molecule has 0 atom stereocenters. The summed E-state index contributed by atoms with van der Waals surface area (Å²) in [4.78, 5) is -0.459. The first-order valence-corrected chi connectivity index (χ1v) is 9.60. The van der Waals surface area contributed by atoms with Gasteiger partial charge in [0.15, 0.2) is 11.5 Å². The summed E-state index contributed by atoms with van der Waals surface area (Å²) in [5, 5.41) is 0. The van der Waals surface area contributed by atoms with E-state index in [-0.39, 0.29) is 23.0 Å². The Labute approximate surface area is 165 Å². The molecule has 7 nitrogen and oxygen atoms in total. The normalized spacial score (nSPS) is 10.4. The number of benzene rings is 2. The maximum atomic E-state index is 11.3. The van der Waals surface area contributed by atoms with Crippen molar-refractivity contribution in [1.82, 2.24) is 0 Å². The van der Waals surface area contributed by atoms with Crippen LogP contribution in [0.5, 0.6) is 23.0 Å². The second-order valence-corrected chi connectivity index (χ2v) is 7.35. The van der Waals surface area contributed by atoms with Gasteiger partial charge < -0.3 is 18.9 Å². The quantitative estimate of drug-likeness (QED) is 0.622. The van der Waals surface area contributed by atoms with Crippen molar-refractivity contribution in [2.75, 3.05) is 28.4 Å². The number of ether oxygens (including phenoxy) is 4. The van der Waals surface area contributed by atoms with Gasteiger partial charge in [-0.3, -0.25) is 4.55 Å². The number of hydrogen-bond acceptors (Lipinski definition) is 6. The average molecular weight is 378 g/mol. The zero-order valence-electron chi connectivity index (χ0n) is 14.8. The van der Waals surface area contributed by atoms with E-state index in [4.69, 9.17) is 23.5 Å². The molecule has 0 aromatic heterocycles. The average Bonchev–Trinajstić information content (AvgIpc) is 2.59. The van der Waals surface area contributed by atoms with Gasteiger partial charge in [0, 0.05) is 6.07 Å². The van der Waals surface area contributed by atoms with Crippen molar-refractivity contribution in [2.24, 2.45) is 0 Å². The molecular weight excluding hydrogens is 359 g/mol. The van der Waals surface area contributed by atoms with Crippen molar-refractivity contribution in [3.05, 3.63) is 36.4 Å². The topological polar surface area (TPSA) is 91.3 Å². The van der Waals surface area contributed by atoms with Crippen LogP contribution < -0.4 is 21.8 Å². The van der Waals surface area contributed by atoms with Crippen LogP contribution in [0.3, 0.4) is 0 Å². The minimum absolute atomic E-state index is 0.0203. The van der Waals surface area contributed by atoms with Crippen molar-refractivity contribution in [3.63, 3.8) is 0 Å². The molecule has 2 rings (SSSR count). The summed E-state index contributed by atoms with van der Waals surface area (Å²) < 4.78 is 53.2. The molecule has 2 aromatic rings. The Kier molecular flexibility index (Phi) is 8.54. The van der Waals surface area contributed by atoms with Crippen molar-refractivity contribution < 1.29 is 31.9 Å². The Bertz CT molecular complexity index is 792. The van der Waals surface area contributed by atoms with E-state index >= 15 is 0 Å². The van der Waals surface area contributed by atoms with Crippen LogP contribution in [0.4, 0.5) is 0 Å². The molecule has 0 fully saturated rings. The van der Waals surface area contributed by atoms with E-state index in [1.54, 1.807) is 0 Å². The molecule has 0 heterocycles. The summed E-state index contributed by atoms with van der Waals surface area (Å²) in [6.07, 6.45) is 0. The van der Waals surface area contributed by atoms with Gasteiger partial charge in [-0.1, -0.05) is 0 Å². The van der Waals surface area contributed by atoms with Gasteiger partial charge in [-0.25, -0.2) is 0 Å². The van der Waals surface area contributed by atoms with Gasteiger partial charge in [0.1, 0.15) is 4.90 Å². The molecule has 0 aliphatic rings. The molecule has 2 aromatic carbocycles. The van der Waals surface area contributed by atoms with Crippen LogP contribution in [0.1, 0.15) is 0 Å². The molecule has 0 bridgehead atoms. The van der Waals surface area contributed by atoms with Crippen LogP contribution >= 0.6 is 0 Å². The molecule has 0 aliphatic carbocycles. The van der Waals surface area contributed by atoms with Crippen LogP contribution in [0.2, 0.25) is 0 Å². The molecule has 0 saturated heterocycles. The second kappa shape index (κ2) is 9.88. The van der Waals surface area contributed by atoms with E-state index in [2.05, 4.69) is 24.3 Å². The molecule has 0 radical (unpaired) electrons. The molecule has 0 unspecified atom stereocenters. The molecule has 1 N–H and O–H groups in total. The number of hydrogen-bond donors (Lipinski definition) is 1. The first kappa shape index (κ1) is 21.6. The van der Waals surface area contributed by atoms with Crippen LogP contribution in [-0.2, 0) is 10.1 Å². The van der Waals surface area contributed by atoms with Crippen LogP contribution in [0, 0.1) is 0 Å². The third kappa shape index (κ3) is 5.79. The van der Waals surface area contributed by atoms with E-state index in [1.165, 1.54) is 59.2 Å². The van der Waals surface area contributed by atoms with Crippen molar-refractivity contribution in [1.29, 1.82) is 0 Å². The van der Waals surface area contributed by atoms with E-state index < -0.39 is 15.0 Å². The molecule has 0 saturated carbocycles. The SMILES string of the molecule is COc1cc(S(=O)(=O)O)c(OC)c(OC)c1OC.[Na][c]1ccccc1. The van der Waals surface area contributed by atoms with E-state index in [1.807, 2.05) is 6.07 Å². The van der Waals surface area contributed by atoms with Gasteiger partial charge >= 0.3 is 61.1 Å². The third-order valence-electron chi connectivity index (χ3n) is 3.17. The van der Waals surface area contributed by atoms with Crippen molar-refractivity contribution >= 4 is 40.9 Å².